The Morgan fingerprint density at radius 3 is 2.78 bits per heavy atom. The summed E-state index contributed by atoms with van der Waals surface area (Å²) in [4.78, 5) is 0. The molecule has 0 bridgehead atoms. The van der Waals surface area contributed by atoms with Crippen LogP contribution in [-0.4, -0.2) is 41.4 Å². The molecule has 32 heavy (non-hydrogen) atoms. The van der Waals surface area contributed by atoms with Gasteiger partial charge in [-0.15, -0.1) is 0 Å². The Bertz CT molecular complexity index is 755. The second kappa shape index (κ2) is 11.0. The number of hydrazone groups is 1. The summed E-state index contributed by atoms with van der Waals surface area (Å²) in [5.41, 5.74) is 7.94. The molecule has 2 saturated carbocycles. The first-order chi connectivity index (χ1) is 15.6. The van der Waals surface area contributed by atoms with Crippen molar-refractivity contribution in [3.8, 4) is 5.75 Å². The fraction of sp³-hybridized carbons (Fsp3) is 0.720. The van der Waals surface area contributed by atoms with E-state index in [-0.39, 0.29) is 36.3 Å². The predicted molar refractivity (Wildman–Crippen MR) is 126 cm³/mol. The zero-order chi connectivity index (χ0) is 22.5. The first kappa shape index (κ1) is 23.5. The van der Waals surface area contributed by atoms with E-state index < -0.39 is 0 Å². The molecule has 1 unspecified atom stereocenters. The first-order valence-electron chi connectivity index (χ1n) is 12.4. The molecule has 2 aliphatic carbocycles. The predicted octanol–water partition coefficient (Wildman–Crippen LogP) is 2.95. The van der Waals surface area contributed by atoms with Crippen LogP contribution in [0.4, 0.5) is 0 Å². The Labute approximate surface area is 191 Å². The summed E-state index contributed by atoms with van der Waals surface area (Å²) in [7, 11) is 0. The highest BCUT2D eigenvalue weighted by molar-refractivity contribution is 5.49. The van der Waals surface area contributed by atoms with E-state index >= 15 is 0 Å². The molecule has 7 heteroatoms. The summed E-state index contributed by atoms with van der Waals surface area (Å²) in [6.45, 7) is 3.45. The maximum Gasteiger partial charge on any atom is 0.126 e. The Balaban J connectivity index is 1.38. The minimum Gasteiger partial charge on any atom is -0.489 e. The van der Waals surface area contributed by atoms with E-state index in [1.807, 2.05) is 0 Å². The van der Waals surface area contributed by atoms with Crippen LogP contribution in [0.1, 0.15) is 81.3 Å². The molecule has 2 fully saturated rings. The SMILES string of the molecule is C=NNC(CCc1cccc2c1O[C@H]1C[C@@H](O)[C@H](CC[C@@H](O)CC3CCCCC3)[C@@H]21)NN. The second-order valence-electron chi connectivity index (χ2n) is 10.0. The van der Waals surface area contributed by atoms with Crippen molar-refractivity contribution in [3.05, 3.63) is 29.3 Å². The smallest absolute Gasteiger partial charge is 0.126 e. The molecule has 0 aromatic heterocycles. The van der Waals surface area contributed by atoms with Gasteiger partial charge in [-0.3, -0.25) is 11.3 Å². The lowest BCUT2D eigenvalue weighted by Gasteiger charge is -2.26. The van der Waals surface area contributed by atoms with Crippen molar-refractivity contribution in [1.29, 1.82) is 0 Å². The molecule has 6 atom stereocenters. The number of rotatable bonds is 11. The van der Waals surface area contributed by atoms with Crippen molar-refractivity contribution in [2.24, 2.45) is 22.8 Å². The quantitative estimate of drug-likeness (QED) is 0.155. The Kier molecular flexibility index (Phi) is 8.05. The van der Waals surface area contributed by atoms with E-state index in [2.05, 4.69) is 40.9 Å². The third-order valence-corrected chi connectivity index (χ3v) is 7.90. The van der Waals surface area contributed by atoms with Crippen LogP contribution < -0.4 is 21.4 Å². The molecule has 178 valence electrons. The standard InChI is InChI=1S/C25H40N4O3/c1-27-29-23(28-26)13-10-17-8-5-9-20-24-19(21(31)15-22(24)32-25(17)20)12-11-18(30)14-16-6-3-2-4-7-16/h5,8-9,16,18-19,21-24,28-31H,1-4,6-7,10-15,26H2/t18-,19+,21-,22+,23?,24+/m1/s1. The van der Waals surface area contributed by atoms with E-state index in [1.54, 1.807) is 0 Å². The van der Waals surface area contributed by atoms with Gasteiger partial charge in [-0.25, -0.2) is 5.43 Å². The molecule has 0 radical (unpaired) electrons. The summed E-state index contributed by atoms with van der Waals surface area (Å²) < 4.78 is 6.39. The van der Waals surface area contributed by atoms with Gasteiger partial charge in [-0.2, -0.15) is 5.10 Å². The molecule has 1 aliphatic heterocycles. The lowest BCUT2D eigenvalue weighted by Crippen LogP contribution is -2.44. The summed E-state index contributed by atoms with van der Waals surface area (Å²) in [5, 5.41) is 25.2. The van der Waals surface area contributed by atoms with Crippen molar-refractivity contribution >= 4 is 6.72 Å². The molecule has 6 N–H and O–H groups in total. The second-order valence-corrected chi connectivity index (χ2v) is 10.0. The molecule has 0 saturated heterocycles. The largest absolute Gasteiger partial charge is 0.489 e. The van der Waals surface area contributed by atoms with Gasteiger partial charge in [0.1, 0.15) is 18.0 Å². The zero-order valence-corrected chi connectivity index (χ0v) is 19.1. The number of aliphatic hydroxyl groups is 2. The van der Waals surface area contributed by atoms with Crippen molar-refractivity contribution < 1.29 is 14.9 Å². The zero-order valence-electron chi connectivity index (χ0n) is 19.1. The number of nitrogens with one attached hydrogen (secondary N) is 2. The van der Waals surface area contributed by atoms with Crippen molar-refractivity contribution in [2.75, 3.05) is 0 Å². The molecule has 0 spiro atoms. The Hall–Kier alpha value is -1.67. The number of hydrazine groups is 1. The minimum absolute atomic E-state index is 0.0260. The van der Waals surface area contributed by atoms with Gasteiger partial charge in [0, 0.05) is 24.6 Å². The maximum absolute atomic E-state index is 10.8. The number of aliphatic hydroxyl groups excluding tert-OH is 2. The molecule has 7 nitrogen and oxygen atoms in total. The van der Waals surface area contributed by atoms with Crippen molar-refractivity contribution in [2.45, 2.75) is 101 Å². The number of nitrogens with zero attached hydrogens (tertiary/aromatic N) is 1. The third-order valence-electron chi connectivity index (χ3n) is 7.90. The average molecular weight is 445 g/mol. The van der Waals surface area contributed by atoms with Crippen LogP contribution in [0, 0.1) is 11.8 Å². The normalized spacial score (nSPS) is 29.1. The number of aryl methyl sites for hydroxylation is 1. The van der Waals surface area contributed by atoms with Crippen LogP contribution in [0.25, 0.3) is 0 Å². The van der Waals surface area contributed by atoms with Crippen LogP contribution in [0.5, 0.6) is 5.75 Å². The Morgan fingerprint density at radius 2 is 2.03 bits per heavy atom. The molecular formula is C25H40N4O3. The van der Waals surface area contributed by atoms with Gasteiger partial charge >= 0.3 is 0 Å². The van der Waals surface area contributed by atoms with Gasteiger partial charge in [0.2, 0.25) is 0 Å². The van der Waals surface area contributed by atoms with Crippen molar-refractivity contribution in [3.63, 3.8) is 0 Å². The summed E-state index contributed by atoms with van der Waals surface area (Å²) in [5.74, 6) is 7.58. The fourth-order valence-corrected chi connectivity index (χ4v) is 6.26. The van der Waals surface area contributed by atoms with Crippen LogP contribution in [0.3, 0.4) is 0 Å². The maximum atomic E-state index is 10.8. The molecular weight excluding hydrogens is 404 g/mol. The minimum atomic E-state index is -0.364. The third kappa shape index (κ3) is 5.28. The lowest BCUT2D eigenvalue weighted by molar-refractivity contribution is 0.0856. The van der Waals surface area contributed by atoms with Gasteiger partial charge in [-0.05, 0) is 49.5 Å². The van der Waals surface area contributed by atoms with E-state index in [1.165, 1.54) is 37.7 Å². The molecule has 4 rings (SSSR count). The molecule has 1 aromatic rings. The van der Waals surface area contributed by atoms with Gasteiger partial charge < -0.3 is 14.9 Å². The molecule has 0 amide bonds. The number of para-hydroxylation sites is 1. The topological polar surface area (TPSA) is 112 Å². The average Bonchev–Trinajstić information content (AvgIpc) is 3.30. The van der Waals surface area contributed by atoms with Gasteiger partial charge in [0.15, 0.2) is 0 Å². The highest BCUT2D eigenvalue weighted by atomic mass is 16.5. The molecule has 3 aliphatic rings. The fourth-order valence-electron chi connectivity index (χ4n) is 6.26. The highest BCUT2D eigenvalue weighted by Gasteiger charge is 2.49. The number of hydrogen-bond donors (Lipinski definition) is 5. The highest BCUT2D eigenvalue weighted by Crippen LogP contribution is 2.53. The monoisotopic (exact) mass is 444 g/mol. The van der Waals surface area contributed by atoms with E-state index in [9.17, 15) is 10.2 Å². The first-order valence-corrected chi connectivity index (χ1v) is 12.4. The van der Waals surface area contributed by atoms with Crippen LogP contribution in [-0.2, 0) is 6.42 Å². The lowest BCUT2D eigenvalue weighted by atomic mass is 9.81. The number of fused-ring (bicyclic) bond motifs is 3. The number of ether oxygens (including phenoxy) is 1. The molecule has 1 aromatic carbocycles. The molecule has 1 heterocycles. The van der Waals surface area contributed by atoms with Crippen LogP contribution >= 0.6 is 0 Å². The Morgan fingerprint density at radius 1 is 1.22 bits per heavy atom. The van der Waals surface area contributed by atoms with Crippen molar-refractivity contribution in [1.82, 2.24) is 10.9 Å². The van der Waals surface area contributed by atoms with E-state index in [0.717, 1.165) is 43.4 Å². The number of benzene rings is 1. The summed E-state index contributed by atoms with van der Waals surface area (Å²) >= 11 is 0. The van der Waals surface area contributed by atoms with Gasteiger partial charge in [0.25, 0.3) is 0 Å². The number of hydrogen-bond acceptors (Lipinski definition) is 7. The van der Waals surface area contributed by atoms with Gasteiger partial charge in [-0.1, -0.05) is 50.3 Å². The van der Waals surface area contributed by atoms with E-state index in [0.29, 0.717) is 12.3 Å². The van der Waals surface area contributed by atoms with Crippen LogP contribution in [0.15, 0.2) is 23.3 Å². The summed E-state index contributed by atoms with van der Waals surface area (Å²) in [6, 6.07) is 6.34. The van der Waals surface area contributed by atoms with Gasteiger partial charge in [0.05, 0.1) is 12.2 Å². The number of nitrogens with two attached hydrogens (primary N) is 1. The van der Waals surface area contributed by atoms with Crippen LogP contribution in [0.2, 0.25) is 0 Å². The van der Waals surface area contributed by atoms with E-state index in [4.69, 9.17) is 10.6 Å². The summed E-state index contributed by atoms with van der Waals surface area (Å²) in [6.07, 6.45) is 10.5.